The number of aryl methyl sites for hydroxylation is 1. The largest absolute Gasteiger partial charge is 0.495 e. The molecule has 0 radical (unpaired) electrons. The van der Waals surface area contributed by atoms with Crippen LogP contribution in [-0.2, 0) is 14.3 Å². The van der Waals surface area contributed by atoms with E-state index >= 15 is 0 Å². The molecule has 1 heterocycles. The molecule has 0 unspecified atom stereocenters. The third kappa shape index (κ3) is 6.32. The molecule has 3 rings (SSSR count). The van der Waals surface area contributed by atoms with Crippen molar-refractivity contribution in [3.8, 4) is 16.9 Å². The molecule has 8 heteroatoms. The van der Waals surface area contributed by atoms with Crippen molar-refractivity contribution in [3.05, 3.63) is 76.7 Å². The monoisotopic (exact) mass is 478 g/mol. The summed E-state index contributed by atoms with van der Waals surface area (Å²) in [6, 6.07) is 14.7. The van der Waals surface area contributed by atoms with E-state index in [-0.39, 0.29) is 11.5 Å². The second kappa shape index (κ2) is 11.3. The summed E-state index contributed by atoms with van der Waals surface area (Å²) < 4.78 is 10.6. The zero-order valence-corrected chi connectivity index (χ0v) is 20.2. The van der Waals surface area contributed by atoms with Crippen molar-refractivity contribution in [2.24, 2.45) is 0 Å². The number of carbonyl (C=O) groups excluding carboxylic acids is 3. The van der Waals surface area contributed by atoms with Crippen LogP contribution in [0.2, 0.25) is 0 Å². The highest BCUT2D eigenvalue weighted by Crippen LogP contribution is 2.36. The van der Waals surface area contributed by atoms with Gasteiger partial charge < -0.3 is 20.1 Å². The fourth-order valence-corrected chi connectivity index (χ4v) is 4.16. The summed E-state index contributed by atoms with van der Waals surface area (Å²) in [5, 5.41) is 7.58. The fourth-order valence-electron chi connectivity index (χ4n) is 3.20. The van der Waals surface area contributed by atoms with Gasteiger partial charge in [-0.1, -0.05) is 42.0 Å². The lowest BCUT2D eigenvalue weighted by Gasteiger charge is -2.12. The van der Waals surface area contributed by atoms with Crippen LogP contribution in [0.5, 0.6) is 5.75 Å². The minimum atomic E-state index is -0.709. The molecule has 2 aromatic carbocycles. The quantitative estimate of drug-likeness (QED) is 0.332. The van der Waals surface area contributed by atoms with Crippen LogP contribution in [0.15, 0.2) is 65.6 Å². The smallest absolute Gasteiger partial charge is 0.342 e. The summed E-state index contributed by atoms with van der Waals surface area (Å²) in [6.07, 6.45) is 1.44. The van der Waals surface area contributed by atoms with Crippen LogP contribution >= 0.6 is 11.3 Å². The van der Waals surface area contributed by atoms with Crippen LogP contribution in [0, 0.1) is 6.92 Å². The predicted molar refractivity (Wildman–Crippen MR) is 134 cm³/mol. The Morgan fingerprint density at radius 1 is 1.03 bits per heavy atom. The minimum absolute atomic E-state index is 0.202. The van der Waals surface area contributed by atoms with Gasteiger partial charge in [0.2, 0.25) is 5.91 Å². The van der Waals surface area contributed by atoms with Gasteiger partial charge in [0.1, 0.15) is 16.3 Å². The lowest BCUT2D eigenvalue weighted by molar-refractivity contribution is -0.119. The number of carbonyl (C=O) groups is 3. The van der Waals surface area contributed by atoms with Gasteiger partial charge in [-0.3, -0.25) is 9.59 Å². The van der Waals surface area contributed by atoms with E-state index in [1.54, 1.807) is 31.4 Å². The molecular weight excluding hydrogens is 452 g/mol. The maximum Gasteiger partial charge on any atom is 0.342 e. The number of hydrogen-bond donors (Lipinski definition) is 2. The van der Waals surface area contributed by atoms with E-state index in [1.807, 2.05) is 43.3 Å². The number of ether oxygens (including phenoxy) is 2. The van der Waals surface area contributed by atoms with Crippen molar-refractivity contribution in [1.29, 1.82) is 0 Å². The lowest BCUT2D eigenvalue weighted by atomic mass is 10.0. The molecule has 0 aliphatic carbocycles. The molecule has 0 bridgehead atoms. The van der Waals surface area contributed by atoms with E-state index in [0.717, 1.165) is 16.7 Å². The standard InChI is InChI=1S/C26H26N2O5S/c1-16(2)12-22(29)28-25-24(19(15-34-25)18-8-6-5-7-9-18)26(31)33-14-23(30)27-20-13-17(3)10-11-21(20)32-4/h5-13,15H,14H2,1-4H3,(H,27,30)(H,28,29). The molecule has 2 amide bonds. The lowest BCUT2D eigenvalue weighted by Crippen LogP contribution is -2.22. The zero-order valence-electron chi connectivity index (χ0n) is 19.4. The van der Waals surface area contributed by atoms with Crippen molar-refractivity contribution in [3.63, 3.8) is 0 Å². The summed E-state index contributed by atoms with van der Waals surface area (Å²) >= 11 is 1.22. The molecular formula is C26H26N2O5S. The Morgan fingerprint density at radius 3 is 2.44 bits per heavy atom. The Kier molecular flexibility index (Phi) is 8.21. The van der Waals surface area contributed by atoms with Crippen LogP contribution in [0.3, 0.4) is 0 Å². The van der Waals surface area contributed by atoms with Crippen LogP contribution in [0.4, 0.5) is 10.7 Å². The Hall–Kier alpha value is -3.91. The number of esters is 1. The maximum atomic E-state index is 13.1. The van der Waals surface area contributed by atoms with Gasteiger partial charge in [-0.15, -0.1) is 11.3 Å². The normalized spacial score (nSPS) is 10.2. The topological polar surface area (TPSA) is 93.7 Å². The molecule has 3 aromatic rings. The molecule has 0 aliphatic rings. The number of hydrogen-bond acceptors (Lipinski definition) is 6. The second-order valence-corrected chi connectivity index (χ2v) is 8.64. The Morgan fingerprint density at radius 2 is 1.76 bits per heavy atom. The molecule has 0 fully saturated rings. The van der Waals surface area contributed by atoms with Gasteiger partial charge in [0.15, 0.2) is 6.61 Å². The first-order valence-corrected chi connectivity index (χ1v) is 11.4. The van der Waals surface area contributed by atoms with Crippen molar-refractivity contribution in [2.75, 3.05) is 24.4 Å². The minimum Gasteiger partial charge on any atom is -0.495 e. The third-order valence-corrected chi connectivity index (χ3v) is 5.60. The SMILES string of the molecule is COc1ccc(C)cc1NC(=O)COC(=O)c1c(-c2ccccc2)csc1NC(=O)C=C(C)C. The highest BCUT2D eigenvalue weighted by atomic mass is 32.1. The predicted octanol–water partition coefficient (Wildman–Crippen LogP) is 5.43. The summed E-state index contributed by atoms with van der Waals surface area (Å²) in [5.74, 6) is -1.07. The van der Waals surface area contributed by atoms with Gasteiger partial charge in [-0.05, 0) is 44.0 Å². The number of benzene rings is 2. The highest BCUT2D eigenvalue weighted by Gasteiger charge is 2.23. The molecule has 0 aliphatic heterocycles. The molecule has 0 atom stereocenters. The van der Waals surface area contributed by atoms with Crippen molar-refractivity contribution in [2.45, 2.75) is 20.8 Å². The molecule has 0 saturated carbocycles. The molecule has 176 valence electrons. The van der Waals surface area contributed by atoms with E-state index in [4.69, 9.17) is 9.47 Å². The van der Waals surface area contributed by atoms with E-state index in [0.29, 0.717) is 22.0 Å². The summed E-state index contributed by atoms with van der Waals surface area (Å²) in [7, 11) is 1.51. The molecule has 2 N–H and O–H groups in total. The van der Waals surface area contributed by atoms with Crippen LogP contribution < -0.4 is 15.4 Å². The van der Waals surface area contributed by atoms with E-state index in [1.165, 1.54) is 24.5 Å². The van der Waals surface area contributed by atoms with Crippen LogP contribution in [-0.4, -0.2) is 31.5 Å². The van der Waals surface area contributed by atoms with Gasteiger partial charge in [-0.25, -0.2) is 4.79 Å². The first-order valence-electron chi connectivity index (χ1n) is 10.5. The number of thiophene rings is 1. The average molecular weight is 479 g/mol. The third-order valence-electron chi connectivity index (χ3n) is 4.70. The fraction of sp³-hybridized carbons (Fsp3) is 0.192. The van der Waals surface area contributed by atoms with Gasteiger partial charge in [0.25, 0.3) is 5.91 Å². The summed E-state index contributed by atoms with van der Waals surface area (Å²) in [5.41, 5.74) is 3.86. The van der Waals surface area contributed by atoms with Crippen molar-refractivity contribution in [1.82, 2.24) is 0 Å². The Labute approximate surface area is 202 Å². The number of nitrogens with one attached hydrogen (secondary N) is 2. The van der Waals surface area contributed by atoms with Crippen LogP contribution in [0.25, 0.3) is 11.1 Å². The Balaban J connectivity index is 1.80. The van der Waals surface area contributed by atoms with E-state index < -0.39 is 18.5 Å². The number of allylic oxidation sites excluding steroid dienone is 1. The zero-order chi connectivity index (χ0) is 24.7. The number of anilines is 2. The first kappa shape index (κ1) is 24.7. The Bertz CT molecular complexity index is 1230. The molecule has 34 heavy (non-hydrogen) atoms. The summed E-state index contributed by atoms with van der Waals surface area (Å²) in [6.45, 7) is 5.00. The second-order valence-electron chi connectivity index (χ2n) is 7.76. The van der Waals surface area contributed by atoms with E-state index in [2.05, 4.69) is 10.6 Å². The number of amides is 2. The van der Waals surface area contributed by atoms with Crippen molar-refractivity contribution < 1.29 is 23.9 Å². The van der Waals surface area contributed by atoms with Crippen LogP contribution in [0.1, 0.15) is 29.8 Å². The molecule has 1 aromatic heterocycles. The van der Waals surface area contributed by atoms with Gasteiger partial charge in [-0.2, -0.15) is 0 Å². The molecule has 7 nitrogen and oxygen atoms in total. The first-order chi connectivity index (χ1) is 16.3. The van der Waals surface area contributed by atoms with Gasteiger partial charge in [0, 0.05) is 17.0 Å². The number of methoxy groups -OCH3 is 1. The maximum absolute atomic E-state index is 13.1. The number of rotatable bonds is 8. The highest BCUT2D eigenvalue weighted by molar-refractivity contribution is 7.15. The van der Waals surface area contributed by atoms with Gasteiger partial charge in [0.05, 0.1) is 12.8 Å². The molecule has 0 saturated heterocycles. The molecule has 0 spiro atoms. The summed E-state index contributed by atoms with van der Waals surface area (Å²) in [4.78, 5) is 37.8. The average Bonchev–Trinajstić information content (AvgIpc) is 3.21. The van der Waals surface area contributed by atoms with Gasteiger partial charge >= 0.3 is 5.97 Å². The van der Waals surface area contributed by atoms with Crippen molar-refractivity contribution >= 4 is 39.8 Å². The van der Waals surface area contributed by atoms with E-state index in [9.17, 15) is 14.4 Å².